The molecule has 1 fully saturated rings. The van der Waals surface area contributed by atoms with E-state index in [1.165, 1.54) is 26.2 Å². The van der Waals surface area contributed by atoms with E-state index in [0.717, 1.165) is 30.1 Å². The lowest BCUT2D eigenvalue weighted by atomic mass is 10.0. The van der Waals surface area contributed by atoms with Crippen LogP contribution < -0.4 is 0 Å². The van der Waals surface area contributed by atoms with Gasteiger partial charge in [-0.2, -0.15) is 0 Å². The van der Waals surface area contributed by atoms with Crippen LogP contribution in [0.15, 0.2) is 29.2 Å². The third kappa shape index (κ3) is 3.27. The molecule has 0 unspecified atom stereocenters. The van der Waals surface area contributed by atoms with Crippen LogP contribution in [-0.4, -0.2) is 50.2 Å². The second-order valence-electron chi connectivity index (χ2n) is 5.66. The normalized spacial score (nSPS) is 19.8. The van der Waals surface area contributed by atoms with Crippen LogP contribution in [0.3, 0.4) is 0 Å². The quantitative estimate of drug-likeness (QED) is 0.857. The van der Waals surface area contributed by atoms with Crippen LogP contribution in [0, 0.1) is 0 Å². The zero-order chi connectivity index (χ0) is 15.6. The summed E-state index contributed by atoms with van der Waals surface area (Å²) >= 11 is 0. The highest BCUT2D eigenvalue weighted by atomic mass is 32.2. The van der Waals surface area contributed by atoms with E-state index < -0.39 is 10.0 Å². The second-order valence-corrected chi connectivity index (χ2v) is 7.81. The Bertz CT molecular complexity index is 626. The van der Waals surface area contributed by atoms with Gasteiger partial charge in [-0.1, -0.05) is 6.07 Å². The minimum Gasteiger partial charge on any atom is -0.336 e. The molecule has 1 aliphatic heterocycles. The van der Waals surface area contributed by atoms with Crippen molar-refractivity contribution in [1.82, 2.24) is 9.21 Å². The molecule has 1 aliphatic rings. The molecule has 1 aromatic carbocycles. The zero-order valence-electron chi connectivity index (χ0n) is 12.7. The Balaban J connectivity index is 2.31. The van der Waals surface area contributed by atoms with Gasteiger partial charge in [-0.05, 0) is 44.4 Å². The topological polar surface area (TPSA) is 57.7 Å². The second kappa shape index (κ2) is 6.15. The molecule has 0 N–H and O–H groups in total. The van der Waals surface area contributed by atoms with E-state index in [-0.39, 0.29) is 16.8 Å². The molecule has 1 amide bonds. The van der Waals surface area contributed by atoms with Gasteiger partial charge in [0.1, 0.15) is 0 Å². The Hall–Kier alpha value is -1.40. The molecule has 1 aromatic rings. The minimum atomic E-state index is -3.51. The van der Waals surface area contributed by atoms with Crippen molar-refractivity contribution in [3.63, 3.8) is 0 Å². The minimum absolute atomic E-state index is 0.0852. The molecule has 0 aliphatic carbocycles. The summed E-state index contributed by atoms with van der Waals surface area (Å²) in [6, 6.07) is 6.50. The molecule has 21 heavy (non-hydrogen) atoms. The Morgan fingerprint density at radius 2 is 2.00 bits per heavy atom. The lowest BCUT2D eigenvalue weighted by Gasteiger charge is -2.33. The first kappa shape index (κ1) is 16.0. The predicted molar refractivity (Wildman–Crippen MR) is 81.7 cm³/mol. The van der Waals surface area contributed by atoms with Crippen LogP contribution in [0.5, 0.6) is 0 Å². The van der Waals surface area contributed by atoms with Gasteiger partial charge in [-0.25, -0.2) is 12.7 Å². The van der Waals surface area contributed by atoms with Crippen molar-refractivity contribution in [2.75, 3.05) is 20.6 Å². The van der Waals surface area contributed by atoms with Gasteiger partial charge in [0.25, 0.3) is 5.91 Å². The van der Waals surface area contributed by atoms with E-state index in [1.54, 1.807) is 12.1 Å². The van der Waals surface area contributed by atoms with Gasteiger partial charge in [0.2, 0.25) is 10.0 Å². The lowest BCUT2D eigenvalue weighted by molar-refractivity contribution is 0.0635. The molecule has 0 spiro atoms. The fourth-order valence-electron chi connectivity index (χ4n) is 2.57. The Labute approximate surface area is 126 Å². The number of hydrogen-bond acceptors (Lipinski definition) is 3. The summed E-state index contributed by atoms with van der Waals surface area (Å²) in [5.41, 5.74) is 0.437. The van der Waals surface area contributed by atoms with E-state index >= 15 is 0 Å². The number of carbonyl (C=O) groups is 1. The number of sulfonamides is 1. The van der Waals surface area contributed by atoms with E-state index in [2.05, 4.69) is 0 Å². The molecule has 1 saturated heterocycles. The highest BCUT2D eigenvalue weighted by Crippen LogP contribution is 2.21. The van der Waals surface area contributed by atoms with Crippen molar-refractivity contribution in [1.29, 1.82) is 0 Å². The number of benzene rings is 1. The number of rotatable bonds is 3. The Morgan fingerprint density at radius 3 is 2.62 bits per heavy atom. The zero-order valence-corrected chi connectivity index (χ0v) is 13.6. The standard InChI is InChI=1S/C15H22N2O3S/c1-12-7-4-5-10-17(12)15(18)13-8-6-9-14(11-13)21(19,20)16(2)3/h6,8-9,11-12H,4-5,7,10H2,1-3H3/t12-/m0/s1. The maximum Gasteiger partial charge on any atom is 0.254 e. The maximum absolute atomic E-state index is 12.6. The molecule has 0 bridgehead atoms. The maximum atomic E-state index is 12.6. The molecule has 6 heteroatoms. The molecule has 116 valence electrons. The average molecular weight is 310 g/mol. The number of hydrogen-bond donors (Lipinski definition) is 0. The van der Waals surface area contributed by atoms with Crippen molar-refractivity contribution in [3.8, 4) is 0 Å². The van der Waals surface area contributed by atoms with Gasteiger partial charge in [-0.3, -0.25) is 4.79 Å². The van der Waals surface area contributed by atoms with Crippen LogP contribution in [0.1, 0.15) is 36.5 Å². The van der Waals surface area contributed by atoms with Crippen LogP contribution >= 0.6 is 0 Å². The van der Waals surface area contributed by atoms with Crippen LogP contribution in [-0.2, 0) is 10.0 Å². The van der Waals surface area contributed by atoms with Crippen molar-refractivity contribution < 1.29 is 13.2 Å². The third-order valence-electron chi connectivity index (χ3n) is 3.92. The third-order valence-corrected chi connectivity index (χ3v) is 5.73. The fourth-order valence-corrected chi connectivity index (χ4v) is 3.51. The fraction of sp³-hybridized carbons (Fsp3) is 0.533. The van der Waals surface area contributed by atoms with E-state index in [1.807, 2.05) is 11.8 Å². The molecule has 0 saturated carbocycles. The van der Waals surface area contributed by atoms with E-state index in [9.17, 15) is 13.2 Å². The highest BCUT2D eigenvalue weighted by molar-refractivity contribution is 7.89. The highest BCUT2D eigenvalue weighted by Gasteiger charge is 2.25. The van der Waals surface area contributed by atoms with Gasteiger partial charge in [0.05, 0.1) is 4.90 Å². The summed E-state index contributed by atoms with van der Waals surface area (Å²) in [7, 11) is -0.549. The Morgan fingerprint density at radius 1 is 1.29 bits per heavy atom. The number of amides is 1. The number of likely N-dealkylation sites (tertiary alicyclic amines) is 1. The van der Waals surface area contributed by atoms with Crippen LogP contribution in [0.25, 0.3) is 0 Å². The summed E-state index contributed by atoms with van der Waals surface area (Å²) in [6.07, 6.45) is 3.15. The predicted octanol–water partition coefficient (Wildman–Crippen LogP) is 1.95. The number of nitrogens with zero attached hydrogens (tertiary/aromatic N) is 2. The van der Waals surface area contributed by atoms with Crippen molar-refractivity contribution in [2.45, 2.75) is 37.1 Å². The van der Waals surface area contributed by atoms with Gasteiger partial charge in [-0.15, -0.1) is 0 Å². The van der Waals surface area contributed by atoms with Gasteiger partial charge in [0.15, 0.2) is 0 Å². The smallest absolute Gasteiger partial charge is 0.254 e. The van der Waals surface area contributed by atoms with Crippen molar-refractivity contribution in [3.05, 3.63) is 29.8 Å². The van der Waals surface area contributed by atoms with Crippen LogP contribution in [0.4, 0.5) is 0 Å². The molecular formula is C15H22N2O3S. The van der Waals surface area contributed by atoms with Crippen molar-refractivity contribution in [2.24, 2.45) is 0 Å². The summed E-state index contributed by atoms with van der Waals surface area (Å²) < 4.78 is 25.4. The molecule has 2 rings (SSSR count). The summed E-state index contributed by atoms with van der Waals surface area (Å²) in [6.45, 7) is 2.78. The summed E-state index contributed by atoms with van der Waals surface area (Å²) in [5.74, 6) is -0.0852. The summed E-state index contributed by atoms with van der Waals surface area (Å²) in [5, 5.41) is 0. The SMILES string of the molecule is C[C@H]1CCCCN1C(=O)c1cccc(S(=O)(=O)N(C)C)c1. The van der Waals surface area contributed by atoms with Crippen LogP contribution in [0.2, 0.25) is 0 Å². The molecule has 0 aromatic heterocycles. The molecule has 0 radical (unpaired) electrons. The first-order valence-corrected chi connectivity index (χ1v) is 8.61. The van der Waals surface area contributed by atoms with E-state index in [0.29, 0.717) is 5.56 Å². The average Bonchev–Trinajstić information content (AvgIpc) is 2.47. The number of piperidine rings is 1. The first-order valence-electron chi connectivity index (χ1n) is 7.17. The van der Waals surface area contributed by atoms with Crippen molar-refractivity contribution >= 4 is 15.9 Å². The van der Waals surface area contributed by atoms with Gasteiger partial charge < -0.3 is 4.90 Å². The molecule has 1 atom stereocenters. The first-order chi connectivity index (χ1) is 9.84. The molecule has 5 nitrogen and oxygen atoms in total. The monoisotopic (exact) mass is 310 g/mol. The largest absolute Gasteiger partial charge is 0.336 e. The van der Waals surface area contributed by atoms with Gasteiger partial charge >= 0.3 is 0 Å². The Kier molecular flexibility index (Phi) is 4.68. The van der Waals surface area contributed by atoms with E-state index in [4.69, 9.17) is 0 Å². The summed E-state index contributed by atoms with van der Waals surface area (Å²) in [4.78, 5) is 14.6. The molecular weight excluding hydrogens is 288 g/mol. The lowest BCUT2D eigenvalue weighted by Crippen LogP contribution is -2.42. The molecule has 1 heterocycles. The van der Waals surface area contributed by atoms with Gasteiger partial charge in [0, 0.05) is 32.2 Å². The number of carbonyl (C=O) groups excluding carboxylic acids is 1.